The Bertz CT molecular complexity index is 569. The minimum Gasteiger partial charge on any atom is -0.462 e. The van der Waals surface area contributed by atoms with Gasteiger partial charge >= 0.3 is 0 Å². The predicted molar refractivity (Wildman–Crippen MR) is 60.8 cm³/mol. The van der Waals surface area contributed by atoms with Gasteiger partial charge in [0.2, 0.25) is 5.43 Å². The molecule has 2 aromatic rings. The van der Waals surface area contributed by atoms with Gasteiger partial charge in [0.1, 0.15) is 17.5 Å². The van der Waals surface area contributed by atoms with E-state index >= 15 is 0 Å². The Morgan fingerprint density at radius 3 is 3.00 bits per heavy atom. The Labute approximate surface area is 86.8 Å². The molecule has 1 heterocycles. The van der Waals surface area contributed by atoms with E-state index < -0.39 is 0 Å². The van der Waals surface area contributed by atoms with Gasteiger partial charge in [-0.25, -0.2) is 0 Å². The summed E-state index contributed by atoms with van der Waals surface area (Å²) in [4.78, 5) is 11.7. The highest BCUT2D eigenvalue weighted by Crippen LogP contribution is 2.17. The summed E-state index contributed by atoms with van der Waals surface area (Å²) in [7, 11) is 0. The highest BCUT2D eigenvalue weighted by molar-refractivity contribution is 5.82. The summed E-state index contributed by atoms with van der Waals surface area (Å²) >= 11 is 0. The number of fused-ring (bicyclic) bond motifs is 1. The second-order valence-electron chi connectivity index (χ2n) is 3.31. The van der Waals surface area contributed by atoms with E-state index in [-0.39, 0.29) is 11.1 Å². The summed E-state index contributed by atoms with van der Waals surface area (Å²) in [5, 5.41) is 0.523. The Kier molecular flexibility index (Phi) is 2.29. The van der Waals surface area contributed by atoms with E-state index in [0.29, 0.717) is 17.4 Å². The minimum absolute atomic E-state index is 0.137. The number of benzene rings is 1. The fourth-order valence-corrected chi connectivity index (χ4v) is 1.55. The molecule has 3 nitrogen and oxygen atoms in total. The molecule has 0 atom stereocenters. The van der Waals surface area contributed by atoms with Gasteiger partial charge in [-0.05, 0) is 18.1 Å². The molecule has 0 saturated carbocycles. The van der Waals surface area contributed by atoms with Gasteiger partial charge in [0.15, 0.2) is 0 Å². The van der Waals surface area contributed by atoms with E-state index in [0.717, 1.165) is 5.56 Å². The van der Waals surface area contributed by atoms with Crippen LogP contribution in [0.1, 0.15) is 5.56 Å². The summed E-state index contributed by atoms with van der Waals surface area (Å²) in [6.45, 7) is 3.66. The van der Waals surface area contributed by atoms with Crippen molar-refractivity contribution in [3.05, 3.63) is 52.9 Å². The van der Waals surface area contributed by atoms with Gasteiger partial charge in [-0.2, -0.15) is 0 Å². The number of rotatable bonds is 2. The van der Waals surface area contributed by atoms with Gasteiger partial charge < -0.3 is 10.2 Å². The van der Waals surface area contributed by atoms with Crippen molar-refractivity contribution in [2.24, 2.45) is 0 Å². The zero-order valence-electron chi connectivity index (χ0n) is 8.19. The molecule has 15 heavy (non-hydrogen) atoms. The third-order valence-electron chi connectivity index (χ3n) is 2.27. The van der Waals surface area contributed by atoms with Gasteiger partial charge in [-0.1, -0.05) is 18.2 Å². The largest absolute Gasteiger partial charge is 0.462 e. The van der Waals surface area contributed by atoms with Crippen molar-refractivity contribution >= 4 is 16.7 Å². The second-order valence-corrected chi connectivity index (χ2v) is 3.31. The van der Waals surface area contributed by atoms with Crippen molar-refractivity contribution in [1.29, 1.82) is 0 Å². The number of anilines is 1. The predicted octanol–water partition coefficient (Wildman–Crippen LogP) is 2.10. The van der Waals surface area contributed by atoms with Crippen LogP contribution in [0.3, 0.4) is 0 Å². The lowest BCUT2D eigenvalue weighted by atomic mass is 10.1. The van der Waals surface area contributed by atoms with Crippen LogP contribution >= 0.6 is 0 Å². The quantitative estimate of drug-likeness (QED) is 0.757. The monoisotopic (exact) mass is 201 g/mol. The Morgan fingerprint density at radius 1 is 1.47 bits per heavy atom. The normalized spacial score (nSPS) is 10.4. The second kappa shape index (κ2) is 3.61. The topological polar surface area (TPSA) is 56.2 Å². The maximum atomic E-state index is 11.7. The average Bonchev–Trinajstić information content (AvgIpc) is 2.25. The van der Waals surface area contributed by atoms with E-state index in [2.05, 4.69) is 6.58 Å². The molecule has 0 radical (unpaired) electrons. The van der Waals surface area contributed by atoms with Crippen molar-refractivity contribution in [1.82, 2.24) is 0 Å². The average molecular weight is 201 g/mol. The van der Waals surface area contributed by atoms with Gasteiger partial charge in [-0.3, -0.25) is 4.79 Å². The minimum atomic E-state index is -0.179. The highest BCUT2D eigenvalue weighted by Gasteiger charge is 2.06. The third kappa shape index (κ3) is 1.52. The van der Waals surface area contributed by atoms with Crippen LogP contribution in [-0.2, 0) is 6.42 Å². The summed E-state index contributed by atoms with van der Waals surface area (Å²) in [5.74, 6) is 0. The molecule has 0 aliphatic rings. The molecule has 0 saturated heterocycles. The smallest absolute Gasteiger partial charge is 0.215 e. The lowest BCUT2D eigenvalue weighted by Gasteiger charge is -2.02. The van der Waals surface area contributed by atoms with Crippen LogP contribution in [0.25, 0.3) is 11.0 Å². The molecule has 0 fully saturated rings. The molecule has 1 aromatic heterocycles. The fourth-order valence-electron chi connectivity index (χ4n) is 1.55. The number of allylic oxidation sites excluding steroid dienone is 1. The van der Waals surface area contributed by atoms with Gasteiger partial charge in [0.05, 0.1) is 5.39 Å². The van der Waals surface area contributed by atoms with Crippen LogP contribution in [0.4, 0.5) is 5.69 Å². The molecule has 0 unspecified atom stereocenters. The van der Waals surface area contributed by atoms with Gasteiger partial charge in [0, 0.05) is 0 Å². The zero-order chi connectivity index (χ0) is 10.8. The summed E-state index contributed by atoms with van der Waals surface area (Å²) in [6, 6.07) is 5.44. The Balaban J connectivity index is 2.83. The molecule has 0 bridgehead atoms. The van der Waals surface area contributed by atoms with Crippen LogP contribution in [0.15, 0.2) is 46.3 Å². The summed E-state index contributed by atoms with van der Waals surface area (Å²) in [6.07, 6.45) is 3.73. The number of nitrogen functional groups attached to an aromatic ring is 1. The maximum absolute atomic E-state index is 11.7. The third-order valence-corrected chi connectivity index (χ3v) is 2.27. The van der Waals surface area contributed by atoms with Crippen molar-refractivity contribution < 1.29 is 4.42 Å². The number of hydrogen-bond acceptors (Lipinski definition) is 3. The van der Waals surface area contributed by atoms with Gasteiger partial charge in [0.25, 0.3) is 0 Å². The van der Waals surface area contributed by atoms with Crippen LogP contribution in [-0.4, -0.2) is 0 Å². The first kappa shape index (κ1) is 9.52. The van der Waals surface area contributed by atoms with Crippen molar-refractivity contribution in [2.45, 2.75) is 6.42 Å². The molecule has 2 N–H and O–H groups in total. The first-order valence-corrected chi connectivity index (χ1v) is 4.64. The lowest BCUT2D eigenvalue weighted by molar-refractivity contribution is 0.601. The number of hydrogen-bond donors (Lipinski definition) is 1. The van der Waals surface area contributed by atoms with Crippen molar-refractivity contribution in [2.75, 3.05) is 5.73 Å². The Morgan fingerprint density at radius 2 is 2.27 bits per heavy atom. The molecule has 0 amide bonds. The van der Waals surface area contributed by atoms with E-state index in [1.807, 2.05) is 12.1 Å². The molecule has 76 valence electrons. The maximum Gasteiger partial charge on any atom is 0.215 e. The molecule has 0 aliphatic carbocycles. The van der Waals surface area contributed by atoms with Crippen LogP contribution in [0.5, 0.6) is 0 Å². The summed E-state index contributed by atoms with van der Waals surface area (Å²) in [5.41, 5.74) is 6.98. The number of nitrogens with two attached hydrogens (primary N) is 1. The molecule has 0 spiro atoms. The van der Waals surface area contributed by atoms with Crippen LogP contribution < -0.4 is 11.2 Å². The SMILES string of the molecule is C=CCc1cccc2c(=O)c(N)coc12. The van der Waals surface area contributed by atoms with Crippen molar-refractivity contribution in [3.8, 4) is 0 Å². The standard InChI is InChI=1S/C12H11NO2/c1-2-4-8-5-3-6-9-11(14)10(13)7-15-12(8)9/h2-3,5-7H,1,4,13H2. The van der Waals surface area contributed by atoms with E-state index in [9.17, 15) is 4.79 Å². The molecule has 0 aliphatic heterocycles. The zero-order valence-corrected chi connectivity index (χ0v) is 8.19. The molecular formula is C12H11NO2. The van der Waals surface area contributed by atoms with E-state index in [1.165, 1.54) is 6.26 Å². The lowest BCUT2D eigenvalue weighted by Crippen LogP contribution is -2.07. The van der Waals surface area contributed by atoms with Crippen LogP contribution in [0, 0.1) is 0 Å². The number of para-hydroxylation sites is 1. The van der Waals surface area contributed by atoms with Crippen molar-refractivity contribution in [3.63, 3.8) is 0 Å². The first-order valence-electron chi connectivity index (χ1n) is 4.64. The van der Waals surface area contributed by atoms with Gasteiger partial charge in [-0.15, -0.1) is 6.58 Å². The Hall–Kier alpha value is -2.03. The van der Waals surface area contributed by atoms with E-state index in [1.54, 1.807) is 12.1 Å². The molecule has 3 heteroatoms. The highest BCUT2D eigenvalue weighted by atomic mass is 16.3. The molecule has 2 rings (SSSR count). The van der Waals surface area contributed by atoms with E-state index in [4.69, 9.17) is 10.2 Å². The summed E-state index contributed by atoms with van der Waals surface area (Å²) < 4.78 is 5.33. The fraction of sp³-hybridized carbons (Fsp3) is 0.0833. The molecule has 1 aromatic carbocycles. The molecular weight excluding hydrogens is 190 g/mol. The van der Waals surface area contributed by atoms with Crippen LogP contribution in [0.2, 0.25) is 0 Å². The first-order chi connectivity index (χ1) is 7.24.